The second-order valence-corrected chi connectivity index (χ2v) is 9.58. The van der Waals surface area contributed by atoms with E-state index < -0.39 is 5.97 Å². The smallest absolute Gasteiger partial charge is 0.335 e. The van der Waals surface area contributed by atoms with Gasteiger partial charge in [0.05, 0.1) is 22.3 Å². The van der Waals surface area contributed by atoms with Gasteiger partial charge in [0.1, 0.15) is 5.76 Å². The van der Waals surface area contributed by atoms with E-state index in [1.54, 1.807) is 12.1 Å². The second kappa shape index (κ2) is 9.45. The number of carbonyl (C=O) groups is 1. The summed E-state index contributed by atoms with van der Waals surface area (Å²) in [6.45, 7) is 4.86. The molecule has 0 saturated heterocycles. The molecular weight excluding hydrogens is 426 g/mol. The maximum atomic E-state index is 11.3. The Morgan fingerprint density at radius 3 is 2.41 bits per heavy atom. The van der Waals surface area contributed by atoms with Crippen LogP contribution in [0.15, 0.2) is 47.2 Å². The number of pyridine rings is 1. The third-order valence-corrected chi connectivity index (χ3v) is 7.16. The highest BCUT2D eigenvalue weighted by Gasteiger charge is 2.19. The minimum atomic E-state index is -0.916. The molecule has 0 radical (unpaired) electrons. The maximum absolute atomic E-state index is 11.3. The fourth-order valence-corrected chi connectivity index (χ4v) is 5.35. The minimum absolute atomic E-state index is 0.288. The Bertz CT molecular complexity index is 1290. The van der Waals surface area contributed by atoms with E-state index in [0.29, 0.717) is 5.92 Å². The van der Waals surface area contributed by atoms with Crippen molar-refractivity contribution in [2.45, 2.75) is 65.3 Å². The van der Waals surface area contributed by atoms with Crippen LogP contribution < -0.4 is 0 Å². The Labute approximate surface area is 199 Å². The van der Waals surface area contributed by atoms with E-state index in [4.69, 9.17) is 9.51 Å². The first kappa shape index (κ1) is 22.4. The van der Waals surface area contributed by atoms with Crippen LogP contribution in [0.4, 0.5) is 0 Å². The van der Waals surface area contributed by atoms with Gasteiger partial charge < -0.3 is 14.2 Å². The van der Waals surface area contributed by atoms with Crippen LogP contribution in [-0.4, -0.2) is 25.8 Å². The summed E-state index contributed by atoms with van der Waals surface area (Å²) in [4.78, 5) is 16.2. The summed E-state index contributed by atoms with van der Waals surface area (Å²) in [5, 5.41) is 13.4. The molecule has 0 bridgehead atoms. The monoisotopic (exact) mass is 457 g/mol. The first-order valence-corrected chi connectivity index (χ1v) is 12.3. The Hall–Kier alpha value is -3.41. The fraction of sp³-hybridized carbons (Fsp3) is 0.393. The molecule has 0 amide bonds. The second-order valence-electron chi connectivity index (χ2n) is 9.58. The number of aromatic nitrogens is 3. The van der Waals surface area contributed by atoms with Crippen molar-refractivity contribution in [2.75, 3.05) is 0 Å². The zero-order valence-corrected chi connectivity index (χ0v) is 19.9. The summed E-state index contributed by atoms with van der Waals surface area (Å²) in [5.41, 5.74) is 7.19. The molecule has 176 valence electrons. The third kappa shape index (κ3) is 4.37. The lowest BCUT2D eigenvalue weighted by Gasteiger charge is -2.20. The van der Waals surface area contributed by atoms with Gasteiger partial charge in [-0.05, 0) is 56.4 Å². The highest BCUT2D eigenvalue weighted by molar-refractivity contribution is 5.96. The quantitative estimate of drug-likeness (QED) is 0.348. The molecule has 5 rings (SSSR count). The van der Waals surface area contributed by atoms with Gasteiger partial charge in [-0.2, -0.15) is 0 Å². The van der Waals surface area contributed by atoms with Crippen LogP contribution in [0.1, 0.15) is 66.8 Å². The summed E-state index contributed by atoms with van der Waals surface area (Å²) < 4.78 is 7.77. The molecule has 34 heavy (non-hydrogen) atoms. The van der Waals surface area contributed by atoms with Gasteiger partial charge in [0, 0.05) is 35.6 Å². The molecule has 1 N–H and O–H groups in total. The van der Waals surface area contributed by atoms with Crippen LogP contribution in [0.25, 0.3) is 33.3 Å². The van der Waals surface area contributed by atoms with Crippen LogP contribution >= 0.6 is 0 Å². The van der Waals surface area contributed by atoms with Crippen molar-refractivity contribution in [3.63, 3.8) is 0 Å². The van der Waals surface area contributed by atoms with Crippen molar-refractivity contribution in [1.29, 1.82) is 0 Å². The number of hydrogen-bond acceptors (Lipinski definition) is 4. The van der Waals surface area contributed by atoms with Crippen LogP contribution in [0.2, 0.25) is 0 Å². The Kier molecular flexibility index (Phi) is 6.22. The molecule has 0 spiro atoms. The number of carboxylic acid groups (broad SMARTS) is 1. The third-order valence-electron chi connectivity index (χ3n) is 7.16. The van der Waals surface area contributed by atoms with Gasteiger partial charge in [-0.3, -0.25) is 4.98 Å². The van der Waals surface area contributed by atoms with E-state index in [1.165, 1.54) is 44.9 Å². The van der Waals surface area contributed by atoms with Crippen LogP contribution in [-0.2, 0) is 6.54 Å². The molecule has 4 aromatic rings. The Morgan fingerprint density at radius 2 is 1.76 bits per heavy atom. The SMILES string of the molecule is Cc1noc(C)c1-c1cnc2c(-c3ccc(C(=O)O)cc3)cn(CC3CCCCCCC3)c2c1. The number of benzene rings is 1. The molecule has 1 aliphatic rings. The normalized spacial score (nSPS) is 15.4. The minimum Gasteiger partial charge on any atom is -0.478 e. The number of fused-ring (bicyclic) bond motifs is 1. The predicted molar refractivity (Wildman–Crippen MR) is 133 cm³/mol. The van der Waals surface area contributed by atoms with E-state index in [0.717, 1.165) is 51.3 Å². The van der Waals surface area contributed by atoms with Crippen molar-refractivity contribution in [2.24, 2.45) is 5.92 Å². The molecule has 3 heterocycles. The molecule has 3 aromatic heterocycles. The van der Waals surface area contributed by atoms with Gasteiger partial charge in [0.15, 0.2) is 0 Å². The van der Waals surface area contributed by atoms with Gasteiger partial charge in [-0.25, -0.2) is 4.79 Å². The predicted octanol–water partition coefficient (Wildman–Crippen LogP) is 7.03. The number of hydrogen-bond donors (Lipinski definition) is 1. The average molecular weight is 458 g/mol. The topological polar surface area (TPSA) is 81.2 Å². The Balaban J connectivity index is 1.60. The molecule has 1 saturated carbocycles. The zero-order chi connectivity index (χ0) is 23.7. The summed E-state index contributed by atoms with van der Waals surface area (Å²) in [6.07, 6.45) is 13.3. The molecule has 0 atom stereocenters. The van der Waals surface area contributed by atoms with Gasteiger partial charge in [-0.1, -0.05) is 49.4 Å². The van der Waals surface area contributed by atoms with Crippen molar-refractivity contribution in [3.05, 3.63) is 59.7 Å². The fourth-order valence-electron chi connectivity index (χ4n) is 5.35. The summed E-state index contributed by atoms with van der Waals surface area (Å²) in [5.74, 6) is 0.530. The maximum Gasteiger partial charge on any atom is 0.335 e. The number of carboxylic acids is 1. The lowest BCUT2D eigenvalue weighted by atomic mass is 9.91. The standard InChI is InChI=1S/C28H31N3O3/c1-18-26(19(2)34-30-18)23-14-25-27(29-15-23)24(21-10-12-22(13-11-21)28(32)33)17-31(25)16-20-8-6-4-3-5-7-9-20/h10-15,17,20H,3-9,16H2,1-2H3,(H,32,33). The van der Waals surface area contributed by atoms with E-state index >= 15 is 0 Å². The summed E-state index contributed by atoms with van der Waals surface area (Å²) in [6, 6.07) is 9.28. The van der Waals surface area contributed by atoms with Crippen LogP contribution in [0, 0.1) is 19.8 Å². The molecular formula is C28H31N3O3. The summed E-state index contributed by atoms with van der Waals surface area (Å²) in [7, 11) is 0. The zero-order valence-electron chi connectivity index (χ0n) is 19.9. The van der Waals surface area contributed by atoms with Crippen molar-refractivity contribution in [3.8, 4) is 22.3 Å². The number of aryl methyl sites for hydroxylation is 2. The van der Waals surface area contributed by atoms with E-state index in [1.807, 2.05) is 32.2 Å². The van der Waals surface area contributed by atoms with Gasteiger partial charge in [0.25, 0.3) is 0 Å². The first-order valence-electron chi connectivity index (χ1n) is 12.3. The molecule has 1 fully saturated rings. The van der Waals surface area contributed by atoms with Crippen LogP contribution in [0.3, 0.4) is 0 Å². The lowest BCUT2D eigenvalue weighted by Crippen LogP contribution is -2.12. The highest BCUT2D eigenvalue weighted by Crippen LogP contribution is 2.35. The average Bonchev–Trinajstić information content (AvgIpc) is 3.34. The molecule has 6 heteroatoms. The Morgan fingerprint density at radius 1 is 1.06 bits per heavy atom. The van der Waals surface area contributed by atoms with Crippen LogP contribution in [0.5, 0.6) is 0 Å². The summed E-state index contributed by atoms with van der Waals surface area (Å²) >= 11 is 0. The van der Waals surface area contributed by atoms with Gasteiger partial charge in [0.2, 0.25) is 0 Å². The molecule has 1 aromatic carbocycles. The van der Waals surface area contributed by atoms with Crippen molar-refractivity contribution < 1.29 is 14.4 Å². The number of aromatic carboxylic acids is 1. The number of nitrogens with zero attached hydrogens (tertiary/aromatic N) is 3. The van der Waals surface area contributed by atoms with E-state index in [2.05, 4.69) is 22.0 Å². The van der Waals surface area contributed by atoms with Crippen molar-refractivity contribution >= 4 is 17.0 Å². The largest absolute Gasteiger partial charge is 0.478 e. The van der Waals surface area contributed by atoms with E-state index in [-0.39, 0.29) is 5.56 Å². The first-order chi connectivity index (χ1) is 16.5. The lowest BCUT2D eigenvalue weighted by molar-refractivity contribution is 0.0697. The molecule has 6 nitrogen and oxygen atoms in total. The van der Waals surface area contributed by atoms with Crippen molar-refractivity contribution in [1.82, 2.24) is 14.7 Å². The molecule has 0 aliphatic heterocycles. The van der Waals surface area contributed by atoms with E-state index in [9.17, 15) is 9.90 Å². The van der Waals surface area contributed by atoms with Gasteiger partial charge >= 0.3 is 5.97 Å². The molecule has 1 aliphatic carbocycles. The van der Waals surface area contributed by atoms with Gasteiger partial charge in [-0.15, -0.1) is 0 Å². The highest BCUT2D eigenvalue weighted by atomic mass is 16.5. The number of rotatable bonds is 5. The molecule has 0 unspecified atom stereocenters.